The molecular weight excluding hydrogens is 280 g/mol. The Kier molecular flexibility index (Phi) is 5.84. The summed E-state index contributed by atoms with van der Waals surface area (Å²) in [6.07, 6.45) is 0. The molecule has 1 rings (SSSR count). The Balaban J connectivity index is 2.54. The zero-order valence-electron chi connectivity index (χ0n) is 11.3. The van der Waals surface area contributed by atoms with Crippen molar-refractivity contribution in [3.63, 3.8) is 0 Å². The Morgan fingerprint density at radius 3 is 2.70 bits per heavy atom. The molecule has 6 nitrogen and oxygen atoms in total. The van der Waals surface area contributed by atoms with Crippen molar-refractivity contribution in [2.24, 2.45) is 0 Å². The van der Waals surface area contributed by atoms with Crippen LogP contribution in [0.25, 0.3) is 0 Å². The maximum absolute atomic E-state index is 11.6. The molecule has 0 aromatic heterocycles. The van der Waals surface area contributed by atoms with Crippen molar-refractivity contribution < 1.29 is 19.8 Å². The molecule has 110 valence electrons. The first-order valence-electron chi connectivity index (χ1n) is 6.08. The molecule has 0 radical (unpaired) electrons. The minimum Gasteiger partial charge on any atom is -0.479 e. The van der Waals surface area contributed by atoms with E-state index >= 15 is 0 Å². The van der Waals surface area contributed by atoms with Gasteiger partial charge in [-0.1, -0.05) is 13.0 Å². The quantitative estimate of drug-likeness (QED) is 0.600. The molecule has 1 aromatic rings. The number of hydrogen-bond acceptors (Lipinski definition) is 4. The van der Waals surface area contributed by atoms with Gasteiger partial charge in [-0.2, -0.15) is 0 Å². The molecule has 0 aliphatic heterocycles. The van der Waals surface area contributed by atoms with Crippen LogP contribution in [0.3, 0.4) is 0 Å². The van der Waals surface area contributed by atoms with Gasteiger partial charge in [0, 0.05) is 10.6 Å². The monoisotopic (exact) mass is 298 g/mol. The smallest absolute Gasteiger partial charge is 0.337 e. The molecule has 2 amide bonds. The molecule has 20 heavy (non-hydrogen) atoms. The van der Waals surface area contributed by atoms with Crippen molar-refractivity contribution >= 4 is 29.4 Å². The summed E-state index contributed by atoms with van der Waals surface area (Å²) in [6.45, 7) is 2.77. The van der Waals surface area contributed by atoms with Crippen LogP contribution in [-0.4, -0.2) is 40.1 Å². The first kappa shape index (κ1) is 16.3. The summed E-state index contributed by atoms with van der Waals surface area (Å²) in [4.78, 5) is 23.3. The highest BCUT2D eigenvalue weighted by Gasteiger charge is 2.30. The van der Waals surface area contributed by atoms with Crippen LogP contribution >= 0.6 is 11.8 Å². The molecule has 1 atom stereocenters. The molecule has 0 fully saturated rings. The van der Waals surface area contributed by atoms with Gasteiger partial charge in [0.15, 0.2) is 5.60 Å². The number of carboxylic acid groups (broad SMARTS) is 1. The van der Waals surface area contributed by atoms with E-state index in [2.05, 4.69) is 10.6 Å². The molecule has 7 heteroatoms. The molecule has 0 saturated heterocycles. The van der Waals surface area contributed by atoms with Gasteiger partial charge in [0.1, 0.15) is 0 Å². The second kappa shape index (κ2) is 7.16. The number of anilines is 1. The van der Waals surface area contributed by atoms with E-state index in [-0.39, 0.29) is 6.54 Å². The number of carbonyl (C=O) groups is 2. The molecule has 1 aromatic carbocycles. The zero-order chi connectivity index (χ0) is 15.2. The summed E-state index contributed by atoms with van der Waals surface area (Å²) in [5.74, 6) is -0.462. The maximum atomic E-state index is 11.6. The number of thioether (sulfide) groups is 1. The van der Waals surface area contributed by atoms with Crippen LogP contribution in [0.1, 0.15) is 13.8 Å². The zero-order valence-corrected chi connectivity index (χ0v) is 12.2. The van der Waals surface area contributed by atoms with Gasteiger partial charge in [0.25, 0.3) is 0 Å². The molecule has 0 spiro atoms. The van der Waals surface area contributed by atoms with Gasteiger partial charge >= 0.3 is 12.0 Å². The van der Waals surface area contributed by atoms with E-state index in [0.29, 0.717) is 5.69 Å². The third-order valence-electron chi connectivity index (χ3n) is 2.46. The molecule has 0 aliphatic carbocycles. The summed E-state index contributed by atoms with van der Waals surface area (Å²) in [6, 6.07) is 6.75. The summed E-state index contributed by atoms with van der Waals surface area (Å²) >= 11 is 1.65. The fraction of sp³-hybridized carbons (Fsp3) is 0.385. The van der Waals surface area contributed by atoms with Gasteiger partial charge in [0.05, 0.1) is 6.54 Å². The van der Waals surface area contributed by atoms with Crippen LogP contribution in [0.2, 0.25) is 0 Å². The average Bonchev–Trinajstić information content (AvgIpc) is 2.37. The second-order valence-corrected chi connectivity index (χ2v) is 5.68. The average molecular weight is 298 g/mol. The fourth-order valence-electron chi connectivity index (χ4n) is 1.33. The Labute approximate surface area is 121 Å². The third-order valence-corrected chi connectivity index (χ3v) is 3.33. The highest BCUT2D eigenvalue weighted by molar-refractivity contribution is 7.99. The normalized spacial score (nSPS) is 13.3. The van der Waals surface area contributed by atoms with E-state index in [9.17, 15) is 14.7 Å². The van der Waals surface area contributed by atoms with Crippen LogP contribution in [0.15, 0.2) is 29.2 Å². The van der Waals surface area contributed by atoms with Crippen molar-refractivity contribution in [2.75, 3.05) is 17.6 Å². The van der Waals surface area contributed by atoms with Crippen LogP contribution in [0, 0.1) is 0 Å². The van der Waals surface area contributed by atoms with Gasteiger partial charge in [-0.15, -0.1) is 11.8 Å². The number of urea groups is 1. The van der Waals surface area contributed by atoms with E-state index in [4.69, 9.17) is 5.11 Å². The minimum atomic E-state index is -1.99. The highest BCUT2D eigenvalue weighted by Crippen LogP contribution is 2.21. The number of amides is 2. The van der Waals surface area contributed by atoms with Crippen LogP contribution in [0.5, 0.6) is 0 Å². The maximum Gasteiger partial charge on any atom is 0.337 e. The van der Waals surface area contributed by atoms with Crippen molar-refractivity contribution in [1.29, 1.82) is 0 Å². The first-order chi connectivity index (χ1) is 9.35. The first-order valence-corrected chi connectivity index (χ1v) is 7.07. The van der Waals surface area contributed by atoms with Crippen molar-refractivity contribution in [3.05, 3.63) is 24.3 Å². The summed E-state index contributed by atoms with van der Waals surface area (Å²) in [7, 11) is 0. The number of hydrogen-bond donors (Lipinski definition) is 4. The highest BCUT2D eigenvalue weighted by atomic mass is 32.2. The van der Waals surface area contributed by atoms with Crippen molar-refractivity contribution in [2.45, 2.75) is 24.3 Å². The molecular formula is C13H18N2O4S. The van der Waals surface area contributed by atoms with Crippen LogP contribution in [-0.2, 0) is 4.79 Å². The van der Waals surface area contributed by atoms with Crippen molar-refractivity contribution in [1.82, 2.24) is 5.32 Å². The number of carboxylic acids is 1. The SMILES string of the molecule is CCSc1cccc(NC(=O)NCC(C)(O)C(=O)O)c1. The Bertz CT molecular complexity index is 491. The molecule has 0 bridgehead atoms. The lowest BCUT2D eigenvalue weighted by Crippen LogP contribution is -2.47. The van der Waals surface area contributed by atoms with Gasteiger partial charge < -0.3 is 20.8 Å². The lowest BCUT2D eigenvalue weighted by atomic mass is 10.1. The third kappa shape index (κ3) is 5.10. The number of aliphatic carboxylic acids is 1. The molecule has 4 N–H and O–H groups in total. The van der Waals surface area contributed by atoms with E-state index in [0.717, 1.165) is 17.6 Å². The number of nitrogens with one attached hydrogen (secondary N) is 2. The molecule has 0 saturated carbocycles. The Morgan fingerprint density at radius 1 is 1.40 bits per heavy atom. The van der Waals surface area contributed by atoms with E-state index in [1.807, 2.05) is 25.1 Å². The Hall–Kier alpha value is -1.73. The molecule has 0 aliphatic rings. The standard InChI is InChI=1S/C13H18N2O4S/c1-3-20-10-6-4-5-9(7-10)15-12(18)14-8-13(2,19)11(16)17/h4-7,19H,3,8H2,1-2H3,(H,16,17)(H2,14,15,18). The van der Waals surface area contributed by atoms with E-state index < -0.39 is 17.6 Å². The van der Waals surface area contributed by atoms with E-state index in [1.54, 1.807) is 17.8 Å². The summed E-state index contributed by atoms with van der Waals surface area (Å²) in [5.41, 5.74) is -1.38. The second-order valence-electron chi connectivity index (χ2n) is 4.35. The van der Waals surface area contributed by atoms with Crippen LogP contribution < -0.4 is 10.6 Å². The molecule has 0 heterocycles. The lowest BCUT2D eigenvalue weighted by molar-refractivity contribution is -0.155. The van der Waals surface area contributed by atoms with Gasteiger partial charge in [-0.3, -0.25) is 0 Å². The number of carbonyl (C=O) groups excluding carboxylic acids is 1. The van der Waals surface area contributed by atoms with Crippen LogP contribution in [0.4, 0.5) is 10.5 Å². The predicted octanol–water partition coefficient (Wildman–Crippen LogP) is 1.76. The Morgan fingerprint density at radius 2 is 2.10 bits per heavy atom. The summed E-state index contributed by atoms with van der Waals surface area (Å²) < 4.78 is 0. The minimum absolute atomic E-state index is 0.377. The van der Waals surface area contributed by atoms with Gasteiger partial charge in [0.2, 0.25) is 0 Å². The lowest BCUT2D eigenvalue weighted by Gasteiger charge is -2.18. The van der Waals surface area contributed by atoms with Gasteiger partial charge in [-0.05, 0) is 30.9 Å². The fourth-order valence-corrected chi connectivity index (χ4v) is 2.05. The van der Waals surface area contributed by atoms with Crippen molar-refractivity contribution in [3.8, 4) is 0 Å². The van der Waals surface area contributed by atoms with Gasteiger partial charge in [-0.25, -0.2) is 9.59 Å². The topological polar surface area (TPSA) is 98.7 Å². The number of rotatable bonds is 6. The van der Waals surface area contributed by atoms with E-state index in [1.165, 1.54) is 0 Å². The predicted molar refractivity (Wildman–Crippen MR) is 78.1 cm³/mol. The molecule has 1 unspecified atom stereocenters. The summed E-state index contributed by atoms with van der Waals surface area (Å²) in [5, 5.41) is 23.1. The number of benzene rings is 1. The number of aliphatic hydroxyl groups is 1. The largest absolute Gasteiger partial charge is 0.479 e.